The SMILES string of the molecule is NC(CO)c1noc(CNC(=O)NC(CC2=CCCC=C2)C(=O)O)n1. The molecular weight excluding hydrogens is 330 g/mol. The number of rotatable bonds is 8. The summed E-state index contributed by atoms with van der Waals surface area (Å²) in [5.41, 5.74) is 6.41. The second kappa shape index (κ2) is 8.94. The quantitative estimate of drug-likeness (QED) is 0.436. The predicted octanol–water partition coefficient (Wildman–Crippen LogP) is -0.0194. The fraction of sp³-hybridized carbons (Fsp3) is 0.467. The lowest BCUT2D eigenvalue weighted by molar-refractivity contribution is -0.139. The molecule has 0 aromatic carbocycles. The van der Waals surface area contributed by atoms with E-state index in [-0.39, 0.29) is 31.3 Å². The number of nitrogens with zero attached hydrogens (tertiary/aromatic N) is 2. The van der Waals surface area contributed by atoms with Crippen LogP contribution < -0.4 is 16.4 Å². The average molecular weight is 351 g/mol. The third-order valence-electron chi connectivity index (χ3n) is 3.53. The zero-order chi connectivity index (χ0) is 18.2. The van der Waals surface area contributed by atoms with Crippen LogP contribution in [0, 0.1) is 0 Å². The first-order valence-electron chi connectivity index (χ1n) is 7.81. The van der Waals surface area contributed by atoms with Crippen LogP contribution in [0.1, 0.15) is 37.0 Å². The molecule has 10 heteroatoms. The van der Waals surface area contributed by atoms with Crippen molar-refractivity contribution in [2.75, 3.05) is 6.61 Å². The molecule has 10 nitrogen and oxygen atoms in total. The topological polar surface area (TPSA) is 164 Å². The average Bonchev–Trinajstić information content (AvgIpc) is 3.08. The summed E-state index contributed by atoms with van der Waals surface area (Å²) < 4.78 is 4.88. The van der Waals surface area contributed by atoms with Gasteiger partial charge in [0.05, 0.1) is 19.2 Å². The Balaban J connectivity index is 1.84. The molecule has 1 aliphatic rings. The molecule has 0 aliphatic heterocycles. The highest BCUT2D eigenvalue weighted by Gasteiger charge is 2.21. The van der Waals surface area contributed by atoms with Gasteiger partial charge in [-0.2, -0.15) is 4.98 Å². The van der Waals surface area contributed by atoms with E-state index in [2.05, 4.69) is 20.8 Å². The normalized spacial score (nSPS) is 16.0. The van der Waals surface area contributed by atoms with Gasteiger partial charge in [-0.05, 0) is 18.4 Å². The van der Waals surface area contributed by atoms with Gasteiger partial charge in [-0.3, -0.25) is 0 Å². The number of aliphatic carboxylic acids is 1. The lowest BCUT2D eigenvalue weighted by Gasteiger charge is -2.16. The molecule has 1 aromatic rings. The number of amides is 2. The van der Waals surface area contributed by atoms with Crippen LogP contribution in [0.15, 0.2) is 28.3 Å². The molecule has 0 bridgehead atoms. The summed E-state index contributed by atoms with van der Waals surface area (Å²) in [4.78, 5) is 27.1. The van der Waals surface area contributed by atoms with Crippen LogP contribution in [-0.2, 0) is 11.3 Å². The van der Waals surface area contributed by atoms with Crippen molar-refractivity contribution in [3.8, 4) is 0 Å². The van der Waals surface area contributed by atoms with Gasteiger partial charge in [-0.15, -0.1) is 0 Å². The maximum atomic E-state index is 11.9. The Kier molecular flexibility index (Phi) is 6.66. The zero-order valence-electron chi connectivity index (χ0n) is 13.5. The molecule has 2 amide bonds. The van der Waals surface area contributed by atoms with Crippen molar-refractivity contribution in [2.24, 2.45) is 5.73 Å². The Bertz CT molecular complexity index is 669. The molecule has 2 atom stereocenters. The maximum absolute atomic E-state index is 11.9. The number of hydrogen-bond acceptors (Lipinski definition) is 7. The summed E-state index contributed by atoms with van der Waals surface area (Å²) in [6, 6.07) is -2.48. The van der Waals surface area contributed by atoms with Gasteiger partial charge in [0.25, 0.3) is 0 Å². The number of carboxylic acids is 1. The van der Waals surface area contributed by atoms with Gasteiger partial charge < -0.3 is 31.1 Å². The number of nitrogens with two attached hydrogens (primary N) is 1. The van der Waals surface area contributed by atoms with Gasteiger partial charge in [0, 0.05) is 6.42 Å². The molecule has 1 aromatic heterocycles. The zero-order valence-corrected chi connectivity index (χ0v) is 13.5. The molecule has 136 valence electrons. The van der Waals surface area contributed by atoms with Crippen molar-refractivity contribution in [3.05, 3.63) is 35.5 Å². The number of urea groups is 1. The first kappa shape index (κ1) is 18.6. The van der Waals surface area contributed by atoms with E-state index in [1.165, 1.54) is 0 Å². The van der Waals surface area contributed by atoms with E-state index in [1.807, 2.05) is 18.2 Å². The number of carbonyl (C=O) groups excluding carboxylic acids is 1. The fourth-order valence-electron chi connectivity index (χ4n) is 2.19. The number of nitrogens with one attached hydrogen (secondary N) is 2. The van der Waals surface area contributed by atoms with E-state index in [0.717, 1.165) is 18.4 Å². The number of carboxylic acid groups (broad SMARTS) is 1. The van der Waals surface area contributed by atoms with Gasteiger partial charge in [0.2, 0.25) is 5.89 Å². The molecule has 0 fully saturated rings. The number of carbonyl (C=O) groups is 2. The van der Waals surface area contributed by atoms with Crippen LogP contribution in [0.4, 0.5) is 4.79 Å². The van der Waals surface area contributed by atoms with E-state index >= 15 is 0 Å². The lowest BCUT2D eigenvalue weighted by atomic mass is 10.0. The minimum atomic E-state index is -1.12. The standard InChI is InChI=1S/C15H21N5O5/c16-10(8-21)13-19-12(25-20-13)7-17-15(24)18-11(14(22)23)6-9-4-2-1-3-5-9/h2,4-5,10-11,21H,1,3,6-8,16H2,(H,22,23)(H2,17,18,24). The van der Waals surface area contributed by atoms with E-state index < -0.39 is 24.1 Å². The van der Waals surface area contributed by atoms with Crippen molar-refractivity contribution in [1.29, 1.82) is 0 Å². The van der Waals surface area contributed by atoms with Gasteiger partial charge in [0.1, 0.15) is 6.04 Å². The molecule has 6 N–H and O–H groups in total. The second-order valence-corrected chi connectivity index (χ2v) is 5.52. The molecule has 2 unspecified atom stereocenters. The molecular formula is C15H21N5O5. The highest BCUT2D eigenvalue weighted by Crippen LogP contribution is 2.15. The van der Waals surface area contributed by atoms with E-state index in [0.29, 0.717) is 0 Å². The lowest BCUT2D eigenvalue weighted by Crippen LogP contribution is -2.46. The summed E-state index contributed by atoms with van der Waals surface area (Å²) in [5.74, 6) is -0.901. The Morgan fingerprint density at radius 1 is 1.40 bits per heavy atom. The number of aliphatic hydroxyl groups is 1. The molecule has 0 radical (unpaired) electrons. The van der Waals surface area contributed by atoms with Gasteiger partial charge in [-0.25, -0.2) is 9.59 Å². The van der Waals surface area contributed by atoms with Crippen LogP contribution in [0.2, 0.25) is 0 Å². The third-order valence-corrected chi connectivity index (χ3v) is 3.53. The van der Waals surface area contributed by atoms with Crippen LogP contribution in [0.25, 0.3) is 0 Å². The van der Waals surface area contributed by atoms with Crippen molar-refractivity contribution in [3.63, 3.8) is 0 Å². The minimum Gasteiger partial charge on any atom is -0.480 e. The van der Waals surface area contributed by atoms with Crippen LogP contribution >= 0.6 is 0 Å². The third kappa shape index (κ3) is 5.69. The highest BCUT2D eigenvalue weighted by molar-refractivity contribution is 5.82. The fourth-order valence-corrected chi connectivity index (χ4v) is 2.19. The van der Waals surface area contributed by atoms with Crippen molar-refractivity contribution < 1.29 is 24.3 Å². The molecule has 0 saturated carbocycles. The van der Waals surface area contributed by atoms with E-state index in [9.17, 15) is 14.7 Å². The Hall–Kier alpha value is -2.72. The number of aromatic nitrogens is 2. The summed E-state index contributed by atoms with van der Waals surface area (Å²) in [6.07, 6.45) is 7.79. The second-order valence-electron chi connectivity index (χ2n) is 5.52. The summed E-state index contributed by atoms with van der Waals surface area (Å²) in [5, 5.41) is 26.6. The van der Waals surface area contributed by atoms with E-state index in [4.69, 9.17) is 15.4 Å². The minimum absolute atomic E-state index is 0.0913. The van der Waals surface area contributed by atoms with Crippen LogP contribution in [0.3, 0.4) is 0 Å². The molecule has 2 rings (SSSR count). The van der Waals surface area contributed by atoms with Crippen LogP contribution in [-0.4, -0.2) is 45.0 Å². The predicted molar refractivity (Wildman–Crippen MR) is 86.2 cm³/mol. The van der Waals surface area contributed by atoms with Crippen LogP contribution in [0.5, 0.6) is 0 Å². The van der Waals surface area contributed by atoms with Crippen molar-refractivity contribution in [1.82, 2.24) is 20.8 Å². The smallest absolute Gasteiger partial charge is 0.326 e. The molecule has 25 heavy (non-hydrogen) atoms. The van der Waals surface area contributed by atoms with E-state index in [1.54, 1.807) is 0 Å². The number of allylic oxidation sites excluding steroid dienone is 3. The molecule has 0 spiro atoms. The molecule has 1 aliphatic carbocycles. The van der Waals surface area contributed by atoms with Crippen molar-refractivity contribution >= 4 is 12.0 Å². The molecule has 0 saturated heterocycles. The Morgan fingerprint density at radius 2 is 2.20 bits per heavy atom. The first-order chi connectivity index (χ1) is 12.0. The first-order valence-corrected chi connectivity index (χ1v) is 7.81. The van der Waals surface area contributed by atoms with Gasteiger partial charge >= 0.3 is 12.0 Å². The number of hydrogen-bond donors (Lipinski definition) is 5. The summed E-state index contributed by atoms with van der Waals surface area (Å²) in [7, 11) is 0. The van der Waals surface area contributed by atoms with Crippen molar-refractivity contribution in [2.45, 2.75) is 37.9 Å². The highest BCUT2D eigenvalue weighted by atomic mass is 16.5. The molecule has 1 heterocycles. The Labute approximate surface area is 143 Å². The largest absolute Gasteiger partial charge is 0.480 e. The summed E-state index contributed by atoms with van der Waals surface area (Å²) >= 11 is 0. The number of aliphatic hydroxyl groups excluding tert-OH is 1. The van der Waals surface area contributed by atoms with Gasteiger partial charge in [0.15, 0.2) is 5.82 Å². The maximum Gasteiger partial charge on any atom is 0.326 e. The summed E-state index contributed by atoms with van der Waals surface area (Å²) in [6.45, 7) is -0.427. The Morgan fingerprint density at radius 3 is 2.84 bits per heavy atom. The monoisotopic (exact) mass is 351 g/mol. The van der Waals surface area contributed by atoms with Gasteiger partial charge in [-0.1, -0.05) is 23.4 Å².